The molecule has 72 valence electrons. The van der Waals surface area contributed by atoms with E-state index in [0.717, 1.165) is 5.56 Å². The number of benzene rings is 1. The summed E-state index contributed by atoms with van der Waals surface area (Å²) in [4.78, 5) is -0.00948. The van der Waals surface area contributed by atoms with E-state index in [2.05, 4.69) is 15.9 Å². The van der Waals surface area contributed by atoms with Gasteiger partial charge in [-0.15, -0.1) is 0 Å². The molecule has 0 aliphatic carbocycles. The SMILES string of the molecule is Cc1cc(Br)c(S(=O)(=O)Cl)cc1Cl. The smallest absolute Gasteiger partial charge is 0.207 e. The fourth-order valence-electron chi connectivity index (χ4n) is 0.815. The molecule has 13 heavy (non-hydrogen) atoms. The van der Waals surface area contributed by atoms with Crippen LogP contribution in [0.5, 0.6) is 0 Å². The summed E-state index contributed by atoms with van der Waals surface area (Å²) in [6, 6.07) is 2.93. The molecule has 0 aromatic heterocycles. The van der Waals surface area contributed by atoms with Crippen LogP contribution in [0, 0.1) is 6.92 Å². The maximum Gasteiger partial charge on any atom is 0.262 e. The van der Waals surface area contributed by atoms with Crippen molar-refractivity contribution in [1.29, 1.82) is 0 Å². The number of hydrogen-bond acceptors (Lipinski definition) is 2. The van der Waals surface area contributed by atoms with Gasteiger partial charge in [0.1, 0.15) is 0 Å². The Labute approximate surface area is 94.4 Å². The Kier molecular flexibility index (Phi) is 3.28. The van der Waals surface area contributed by atoms with Gasteiger partial charge in [0.05, 0.1) is 4.90 Å². The Bertz CT molecular complexity index is 442. The molecule has 0 atom stereocenters. The molecule has 1 rings (SSSR count). The fourth-order valence-corrected chi connectivity index (χ4v) is 3.35. The van der Waals surface area contributed by atoms with E-state index in [1.807, 2.05) is 0 Å². The van der Waals surface area contributed by atoms with E-state index >= 15 is 0 Å². The van der Waals surface area contributed by atoms with Crippen LogP contribution < -0.4 is 0 Å². The molecule has 0 N–H and O–H groups in total. The molecule has 1 aromatic carbocycles. The summed E-state index contributed by atoms with van der Waals surface area (Å²) >= 11 is 8.84. The van der Waals surface area contributed by atoms with Gasteiger partial charge in [-0.1, -0.05) is 11.6 Å². The van der Waals surface area contributed by atoms with Crippen LogP contribution in [0.4, 0.5) is 0 Å². The summed E-state index contributed by atoms with van der Waals surface area (Å²) in [6.07, 6.45) is 0. The van der Waals surface area contributed by atoms with Crippen LogP contribution in [-0.4, -0.2) is 8.42 Å². The van der Waals surface area contributed by atoms with Gasteiger partial charge < -0.3 is 0 Å². The molecular weight excluding hydrogens is 299 g/mol. The normalized spacial score (nSPS) is 11.7. The van der Waals surface area contributed by atoms with Gasteiger partial charge in [-0.3, -0.25) is 0 Å². The highest BCUT2D eigenvalue weighted by Gasteiger charge is 2.15. The minimum atomic E-state index is -3.73. The zero-order valence-corrected chi connectivity index (χ0v) is 10.4. The Morgan fingerprint density at radius 1 is 1.38 bits per heavy atom. The van der Waals surface area contributed by atoms with Gasteiger partial charge in [-0.2, -0.15) is 0 Å². The third kappa shape index (κ3) is 2.59. The third-order valence-electron chi connectivity index (χ3n) is 1.48. The average Bonchev–Trinajstić information content (AvgIpc) is 1.94. The first kappa shape index (κ1) is 11.3. The monoisotopic (exact) mass is 302 g/mol. The van der Waals surface area contributed by atoms with Crippen molar-refractivity contribution in [2.24, 2.45) is 0 Å². The summed E-state index contributed by atoms with van der Waals surface area (Å²) in [5.74, 6) is 0. The van der Waals surface area contributed by atoms with Crippen molar-refractivity contribution in [3.63, 3.8) is 0 Å². The minimum absolute atomic E-state index is 0.00948. The van der Waals surface area contributed by atoms with Crippen LogP contribution in [0.15, 0.2) is 21.5 Å². The van der Waals surface area contributed by atoms with Crippen LogP contribution in [0.3, 0.4) is 0 Å². The van der Waals surface area contributed by atoms with Gasteiger partial charge in [0.15, 0.2) is 0 Å². The Morgan fingerprint density at radius 3 is 2.38 bits per heavy atom. The number of hydrogen-bond donors (Lipinski definition) is 0. The Morgan fingerprint density at radius 2 is 1.92 bits per heavy atom. The summed E-state index contributed by atoms with van der Waals surface area (Å²) in [6.45, 7) is 1.78. The number of aryl methyl sites for hydroxylation is 1. The predicted molar refractivity (Wildman–Crippen MR) is 56.9 cm³/mol. The molecule has 0 aliphatic rings. The van der Waals surface area contributed by atoms with E-state index in [0.29, 0.717) is 9.50 Å². The lowest BCUT2D eigenvalue weighted by molar-refractivity contribution is 0.609. The van der Waals surface area contributed by atoms with Gasteiger partial charge in [0.25, 0.3) is 9.05 Å². The maximum atomic E-state index is 11.0. The summed E-state index contributed by atoms with van der Waals surface area (Å²) in [5, 5.41) is 0.377. The molecule has 0 aliphatic heterocycles. The van der Waals surface area contributed by atoms with Crippen molar-refractivity contribution in [2.75, 3.05) is 0 Å². The lowest BCUT2D eigenvalue weighted by atomic mass is 10.2. The highest BCUT2D eigenvalue weighted by Crippen LogP contribution is 2.30. The van der Waals surface area contributed by atoms with Crippen LogP contribution >= 0.6 is 38.2 Å². The molecule has 0 unspecified atom stereocenters. The van der Waals surface area contributed by atoms with Crippen LogP contribution in [0.1, 0.15) is 5.56 Å². The van der Waals surface area contributed by atoms with Gasteiger partial charge in [-0.25, -0.2) is 8.42 Å². The summed E-state index contributed by atoms with van der Waals surface area (Å²) in [7, 11) is 1.44. The van der Waals surface area contributed by atoms with Crippen molar-refractivity contribution in [3.8, 4) is 0 Å². The first-order valence-electron chi connectivity index (χ1n) is 3.22. The summed E-state index contributed by atoms with van der Waals surface area (Å²) < 4.78 is 22.4. The van der Waals surface area contributed by atoms with E-state index in [4.69, 9.17) is 22.3 Å². The van der Waals surface area contributed by atoms with Crippen molar-refractivity contribution < 1.29 is 8.42 Å². The van der Waals surface area contributed by atoms with E-state index < -0.39 is 9.05 Å². The van der Waals surface area contributed by atoms with E-state index in [9.17, 15) is 8.42 Å². The van der Waals surface area contributed by atoms with Crippen LogP contribution in [0.25, 0.3) is 0 Å². The number of rotatable bonds is 1. The van der Waals surface area contributed by atoms with Crippen molar-refractivity contribution in [3.05, 3.63) is 27.2 Å². The van der Waals surface area contributed by atoms with Crippen molar-refractivity contribution in [1.82, 2.24) is 0 Å². The largest absolute Gasteiger partial charge is 0.262 e. The second-order valence-electron chi connectivity index (χ2n) is 2.47. The molecule has 6 heteroatoms. The number of halogens is 3. The third-order valence-corrected chi connectivity index (χ3v) is 4.16. The Hall–Kier alpha value is 0.230. The maximum absolute atomic E-state index is 11.0. The highest BCUT2D eigenvalue weighted by atomic mass is 79.9. The fraction of sp³-hybridized carbons (Fsp3) is 0.143. The molecule has 0 amide bonds. The lowest BCUT2D eigenvalue weighted by Crippen LogP contribution is -1.93. The quantitative estimate of drug-likeness (QED) is 0.746. The molecule has 0 heterocycles. The topological polar surface area (TPSA) is 34.1 Å². The lowest BCUT2D eigenvalue weighted by Gasteiger charge is -2.03. The minimum Gasteiger partial charge on any atom is -0.207 e. The first-order valence-corrected chi connectivity index (χ1v) is 6.70. The second kappa shape index (κ2) is 3.77. The zero-order valence-electron chi connectivity index (χ0n) is 6.51. The van der Waals surface area contributed by atoms with Gasteiger partial charge in [0, 0.05) is 20.2 Å². The van der Waals surface area contributed by atoms with Gasteiger partial charge in [0.2, 0.25) is 0 Å². The molecule has 0 fully saturated rings. The predicted octanol–water partition coefficient (Wildman–Crippen LogP) is 3.34. The highest BCUT2D eigenvalue weighted by molar-refractivity contribution is 9.10. The molecular formula is C7H5BrCl2O2S. The zero-order chi connectivity index (χ0) is 10.2. The summed E-state index contributed by atoms with van der Waals surface area (Å²) in [5.41, 5.74) is 0.789. The van der Waals surface area contributed by atoms with Crippen LogP contribution in [-0.2, 0) is 9.05 Å². The standard InChI is InChI=1S/C7H5BrCl2O2S/c1-4-2-5(8)7(3-6(4)9)13(10,11)12/h2-3H,1H3. The Balaban J connectivity index is 3.50. The molecule has 2 nitrogen and oxygen atoms in total. The first-order chi connectivity index (χ1) is 5.82. The molecule has 1 aromatic rings. The molecule has 0 saturated carbocycles. The van der Waals surface area contributed by atoms with E-state index in [1.54, 1.807) is 13.0 Å². The van der Waals surface area contributed by atoms with E-state index in [1.165, 1.54) is 6.07 Å². The molecule has 0 spiro atoms. The molecule has 0 saturated heterocycles. The van der Waals surface area contributed by atoms with Gasteiger partial charge >= 0.3 is 0 Å². The van der Waals surface area contributed by atoms with Crippen molar-refractivity contribution >= 4 is 47.3 Å². The molecule has 0 bridgehead atoms. The molecule has 0 radical (unpaired) electrons. The van der Waals surface area contributed by atoms with E-state index in [-0.39, 0.29) is 4.90 Å². The second-order valence-corrected chi connectivity index (χ2v) is 6.27. The van der Waals surface area contributed by atoms with Crippen LogP contribution in [0.2, 0.25) is 5.02 Å². The van der Waals surface area contributed by atoms with Gasteiger partial charge in [-0.05, 0) is 40.5 Å². The average molecular weight is 304 g/mol. The van der Waals surface area contributed by atoms with Crippen molar-refractivity contribution in [2.45, 2.75) is 11.8 Å².